The lowest BCUT2D eigenvalue weighted by Crippen LogP contribution is -2.28. The molecule has 35 heavy (non-hydrogen) atoms. The summed E-state index contributed by atoms with van der Waals surface area (Å²) in [7, 11) is 4.85. The molecule has 2 aromatic carbocycles. The zero-order chi connectivity index (χ0) is 24.4. The summed E-state index contributed by atoms with van der Waals surface area (Å²) in [6.07, 6.45) is 5.59. The average molecular weight is 475 g/mol. The Hall–Kier alpha value is -3.78. The van der Waals surface area contributed by atoms with Crippen molar-refractivity contribution >= 4 is 16.9 Å². The van der Waals surface area contributed by atoms with Gasteiger partial charge in [-0.1, -0.05) is 12.1 Å². The summed E-state index contributed by atoms with van der Waals surface area (Å²) >= 11 is 0. The highest BCUT2D eigenvalue weighted by Gasteiger charge is 2.23. The van der Waals surface area contributed by atoms with Crippen LogP contribution in [0.2, 0.25) is 0 Å². The second-order valence-corrected chi connectivity index (χ2v) is 8.62. The van der Waals surface area contributed by atoms with Crippen LogP contribution in [-0.4, -0.2) is 55.1 Å². The van der Waals surface area contributed by atoms with E-state index in [4.69, 9.17) is 23.9 Å². The molecule has 1 aliphatic heterocycles. The Bertz CT molecular complexity index is 1320. The maximum atomic E-state index is 5.64. The van der Waals surface area contributed by atoms with E-state index >= 15 is 0 Å². The Morgan fingerprint density at radius 2 is 1.71 bits per heavy atom. The van der Waals surface area contributed by atoms with Gasteiger partial charge in [0.25, 0.3) is 0 Å². The van der Waals surface area contributed by atoms with Crippen molar-refractivity contribution in [1.29, 1.82) is 0 Å². The van der Waals surface area contributed by atoms with Crippen molar-refractivity contribution in [3.05, 3.63) is 54.5 Å². The van der Waals surface area contributed by atoms with E-state index in [9.17, 15) is 0 Å². The van der Waals surface area contributed by atoms with Crippen LogP contribution in [0, 0.1) is 6.92 Å². The third-order valence-corrected chi connectivity index (χ3v) is 6.40. The fourth-order valence-corrected chi connectivity index (χ4v) is 4.64. The monoisotopic (exact) mass is 474 g/mol. The molecule has 3 heterocycles. The minimum absolute atomic E-state index is 0.289. The second kappa shape index (κ2) is 9.84. The molecule has 5 rings (SSSR count). The SMILES string of the molecule is COc1cc(-c2cn(-c3cccc(C)c3)c3ncnc(NC4CCOCC4)c23)cc(OC)c1OC. The first-order valence-electron chi connectivity index (χ1n) is 11.7. The molecule has 8 nitrogen and oxygen atoms in total. The maximum Gasteiger partial charge on any atom is 0.203 e. The van der Waals surface area contributed by atoms with Crippen molar-refractivity contribution in [2.45, 2.75) is 25.8 Å². The molecule has 182 valence electrons. The summed E-state index contributed by atoms with van der Waals surface area (Å²) in [5.41, 5.74) is 4.92. The van der Waals surface area contributed by atoms with Crippen LogP contribution in [0.5, 0.6) is 17.2 Å². The fraction of sp³-hybridized carbons (Fsp3) is 0.333. The number of nitrogens with one attached hydrogen (secondary N) is 1. The van der Waals surface area contributed by atoms with Gasteiger partial charge in [0.2, 0.25) is 5.75 Å². The normalized spacial score (nSPS) is 14.2. The first-order chi connectivity index (χ1) is 17.1. The van der Waals surface area contributed by atoms with Gasteiger partial charge in [-0.05, 0) is 55.2 Å². The average Bonchev–Trinajstić information content (AvgIpc) is 3.29. The second-order valence-electron chi connectivity index (χ2n) is 8.62. The summed E-state index contributed by atoms with van der Waals surface area (Å²) in [6, 6.07) is 12.6. The largest absolute Gasteiger partial charge is 0.493 e. The molecule has 1 fully saturated rings. The summed E-state index contributed by atoms with van der Waals surface area (Å²) in [4.78, 5) is 9.37. The molecule has 1 N–H and O–H groups in total. The molecule has 4 aromatic rings. The minimum atomic E-state index is 0.289. The Kier molecular flexibility index (Phi) is 6.46. The van der Waals surface area contributed by atoms with E-state index < -0.39 is 0 Å². The number of hydrogen-bond acceptors (Lipinski definition) is 7. The first kappa shape index (κ1) is 23.0. The van der Waals surface area contributed by atoms with Gasteiger partial charge in [0.1, 0.15) is 12.1 Å². The fourth-order valence-electron chi connectivity index (χ4n) is 4.64. The molecule has 0 bridgehead atoms. The number of methoxy groups -OCH3 is 3. The molecule has 0 amide bonds. The van der Waals surface area contributed by atoms with Crippen LogP contribution in [-0.2, 0) is 4.74 Å². The quantitative estimate of drug-likeness (QED) is 0.403. The Morgan fingerprint density at radius 3 is 2.37 bits per heavy atom. The zero-order valence-corrected chi connectivity index (χ0v) is 20.5. The lowest BCUT2D eigenvalue weighted by Gasteiger charge is -2.24. The molecule has 0 spiro atoms. The lowest BCUT2D eigenvalue weighted by atomic mass is 10.0. The van der Waals surface area contributed by atoms with Gasteiger partial charge in [0.15, 0.2) is 17.1 Å². The number of hydrogen-bond donors (Lipinski definition) is 1. The van der Waals surface area contributed by atoms with Gasteiger partial charge >= 0.3 is 0 Å². The van der Waals surface area contributed by atoms with Crippen LogP contribution >= 0.6 is 0 Å². The molecule has 8 heteroatoms. The molecule has 0 unspecified atom stereocenters. The molecule has 0 saturated carbocycles. The number of fused-ring (bicyclic) bond motifs is 1. The summed E-state index contributed by atoms with van der Waals surface area (Å²) in [5, 5.41) is 4.60. The Balaban J connectivity index is 1.75. The lowest BCUT2D eigenvalue weighted by molar-refractivity contribution is 0.0904. The van der Waals surface area contributed by atoms with Gasteiger partial charge < -0.3 is 28.8 Å². The molecule has 0 aliphatic carbocycles. The van der Waals surface area contributed by atoms with Crippen LogP contribution in [0.15, 0.2) is 48.9 Å². The van der Waals surface area contributed by atoms with E-state index in [0.29, 0.717) is 17.2 Å². The van der Waals surface area contributed by atoms with E-state index in [1.54, 1.807) is 27.7 Å². The predicted octanol–water partition coefficient (Wildman–Crippen LogP) is 5.01. The molecule has 0 radical (unpaired) electrons. The van der Waals surface area contributed by atoms with Gasteiger partial charge in [-0.15, -0.1) is 0 Å². The van der Waals surface area contributed by atoms with E-state index in [1.165, 1.54) is 5.56 Å². The Morgan fingerprint density at radius 1 is 0.971 bits per heavy atom. The number of rotatable bonds is 7. The number of nitrogens with zero attached hydrogens (tertiary/aromatic N) is 3. The number of anilines is 1. The zero-order valence-electron chi connectivity index (χ0n) is 20.5. The van der Waals surface area contributed by atoms with Gasteiger partial charge in [0.05, 0.1) is 26.7 Å². The van der Waals surface area contributed by atoms with Crippen LogP contribution in [0.1, 0.15) is 18.4 Å². The first-order valence-corrected chi connectivity index (χ1v) is 11.7. The van der Waals surface area contributed by atoms with Gasteiger partial charge in [-0.3, -0.25) is 0 Å². The standard InChI is InChI=1S/C27H30N4O4/c1-17-6-5-7-20(12-17)31-15-21(18-13-22(32-2)25(34-4)23(14-18)33-3)24-26(28-16-29-27(24)31)30-19-8-10-35-11-9-19/h5-7,12-16,19H,8-11H2,1-4H3,(H,28,29,30). The van der Waals surface area contributed by atoms with Gasteiger partial charge in [-0.2, -0.15) is 0 Å². The smallest absolute Gasteiger partial charge is 0.203 e. The molecule has 1 saturated heterocycles. The van der Waals surface area contributed by atoms with Crippen LogP contribution in [0.4, 0.5) is 5.82 Å². The Labute approximate surface area is 204 Å². The van der Waals surface area contributed by atoms with E-state index in [-0.39, 0.29) is 6.04 Å². The maximum absolute atomic E-state index is 5.64. The van der Waals surface area contributed by atoms with Crippen molar-refractivity contribution in [3.63, 3.8) is 0 Å². The predicted molar refractivity (Wildman–Crippen MR) is 136 cm³/mol. The number of benzene rings is 2. The van der Waals surface area contributed by atoms with Crippen LogP contribution in [0.3, 0.4) is 0 Å². The third kappa shape index (κ3) is 4.37. The topological polar surface area (TPSA) is 79.7 Å². The minimum Gasteiger partial charge on any atom is -0.493 e. The van der Waals surface area contributed by atoms with Crippen molar-refractivity contribution in [1.82, 2.24) is 14.5 Å². The van der Waals surface area contributed by atoms with E-state index in [0.717, 1.165) is 59.7 Å². The summed E-state index contributed by atoms with van der Waals surface area (Å²) in [5.74, 6) is 2.54. The van der Waals surface area contributed by atoms with Gasteiger partial charge in [0, 0.05) is 36.7 Å². The van der Waals surface area contributed by atoms with Crippen LogP contribution < -0.4 is 19.5 Å². The van der Waals surface area contributed by atoms with Crippen molar-refractivity contribution < 1.29 is 18.9 Å². The number of aryl methyl sites for hydroxylation is 1. The van der Waals surface area contributed by atoms with E-state index in [2.05, 4.69) is 52.3 Å². The molecule has 0 atom stereocenters. The molecular formula is C27H30N4O4. The molecule has 2 aromatic heterocycles. The number of aromatic nitrogens is 3. The third-order valence-electron chi connectivity index (χ3n) is 6.40. The number of ether oxygens (including phenoxy) is 4. The molecular weight excluding hydrogens is 444 g/mol. The van der Waals surface area contributed by atoms with Crippen molar-refractivity contribution in [3.8, 4) is 34.1 Å². The summed E-state index contributed by atoms with van der Waals surface area (Å²) < 4.78 is 24.5. The van der Waals surface area contributed by atoms with Crippen LogP contribution in [0.25, 0.3) is 27.8 Å². The highest BCUT2D eigenvalue weighted by Crippen LogP contribution is 2.44. The molecule has 1 aliphatic rings. The van der Waals surface area contributed by atoms with E-state index in [1.807, 2.05) is 12.1 Å². The van der Waals surface area contributed by atoms with Gasteiger partial charge in [-0.25, -0.2) is 9.97 Å². The highest BCUT2D eigenvalue weighted by atomic mass is 16.5. The highest BCUT2D eigenvalue weighted by molar-refractivity contribution is 6.02. The van der Waals surface area contributed by atoms with Crippen molar-refractivity contribution in [2.75, 3.05) is 39.9 Å². The summed E-state index contributed by atoms with van der Waals surface area (Å²) in [6.45, 7) is 3.58. The van der Waals surface area contributed by atoms with Crippen molar-refractivity contribution in [2.24, 2.45) is 0 Å².